The van der Waals surface area contributed by atoms with Crippen molar-refractivity contribution in [1.29, 1.82) is 0 Å². The van der Waals surface area contributed by atoms with Crippen molar-refractivity contribution < 1.29 is 8.85 Å². The van der Waals surface area contributed by atoms with Crippen molar-refractivity contribution in [2.45, 2.75) is 65.7 Å². The van der Waals surface area contributed by atoms with Gasteiger partial charge in [0, 0.05) is 12.2 Å². The number of hydrogen-bond acceptors (Lipinski definition) is 2. The van der Waals surface area contributed by atoms with E-state index in [-0.39, 0.29) is 12.2 Å². The summed E-state index contributed by atoms with van der Waals surface area (Å²) in [6, 6.07) is 1.00. The van der Waals surface area contributed by atoms with Crippen LogP contribution in [0.3, 0.4) is 0 Å². The molecule has 2 nitrogen and oxygen atoms in total. The van der Waals surface area contributed by atoms with Gasteiger partial charge in [0.15, 0.2) is 0 Å². The second kappa shape index (κ2) is 7.66. The lowest BCUT2D eigenvalue weighted by molar-refractivity contribution is 0.108. The second-order valence-electron chi connectivity index (χ2n) is 4.48. The van der Waals surface area contributed by atoms with Crippen molar-refractivity contribution in [3.05, 3.63) is 0 Å². The van der Waals surface area contributed by atoms with Crippen molar-refractivity contribution in [3.8, 4) is 0 Å². The highest BCUT2D eigenvalue weighted by Crippen LogP contribution is 2.22. The summed E-state index contributed by atoms with van der Waals surface area (Å²) >= 11 is 6.06. The monoisotopic (exact) mass is 252 g/mol. The number of alkyl halides is 1. The molecule has 0 aliphatic heterocycles. The van der Waals surface area contributed by atoms with E-state index in [1.165, 1.54) is 0 Å². The smallest absolute Gasteiger partial charge is 0.353 e. The van der Waals surface area contributed by atoms with Gasteiger partial charge >= 0.3 is 8.56 Å². The van der Waals surface area contributed by atoms with Crippen LogP contribution in [0.15, 0.2) is 0 Å². The van der Waals surface area contributed by atoms with E-state index in [1.54, 1.807) is 0 Å². The van der Waals surface area contributed by atoms with Crippen molar-refractivity contribution in [2.75, 3.05) is 5.50 Å². The second-order valence-corrected chi connectivity index (χ2v) is 8.34. The molecule has 0 N–H and O–H groups in total. The summed E-state index contributed by atoms with van der Waals surface area (Å²) in [4.78, 5) is 0. The zero-order valence-corrected chi connectivity index (χ0v) is 12.4. The van der Waals surface area contributed by atoms with E-state index in [0.29, 0.717) is 5.50 Å². The third kappa shape index (κ3) is 6.56. The van der Waals surface area contributed by atoms with Crippen molar-refractivity contribution >= 4 is 20.2 Å². The average Bonchev–Trinajstić information content (AvgIpc) is 2.12. The molecule has 15 heavy (non-hydrogen) atoms. The topological polar surface area (TPSA) is 18.5 Å². The van der Waals surface area contributed by atoms with Gasteiger partial charge in [0.2, 0.25) is 0 Å². The van der Waals surface area contributed by atoms with Crippen LogP contribution in [0.2, 0.25) is 6.04 Å². The molecule has 0 bridgehead atoms. The van der Waals surface area contributed by atoms with Crippen LogP contribution in [-0.4, -0.2) is 26.3 Å². The standard InChI is InChI=1S/C11H25ClO2Si/c1-6-7-8-15(9-12,13-10(2)3)14-11(4)5/h10-11H,6-9H2,1-5H3. The molecule has 0 saturated heterocycles. The van der Waals surface area contributed by atoms with Crippen LogP contribution in [0.1, 0.15) is 47.5 Å². The van der Waals surface area contributed by atoms with Crippen molar-refractivity contribution in [3.63, 3.8) is 0 Å². The maximum atomic E-state index is 6.06. The first-order valence-electron chi connectivity index (χ1n) is 5.87. The van der Waals surface area contributed by atoms with Crippen LogP contribution in [-0.2, 0) is 8.85 Å². The Morgan fingerprint density at radius 3 is 1.80 bits per heavy atom. The van der Waals surface area contributed by atoms with Crippen LogP contribution >= 0.6 is 11.6 Å². The lowest BCUT2D eigenvalue weighted by Gasteiger charge is -2.32. The molecule has 0 aromatic heterocycles. The lowest BCUT2D eigenvalue weighted by Crippen LogP contribution is -2.48. The maximum absolute atomic E-state index is 6.06. The fourth-order valence-electron chi connectivity index (χ4n) is 1.58. The van der Waals surface area contributed by atoms with Gasteiger partial charge in [-0.2, -0.15) is 0 Å². The fraction of sp³-hybridized carbons (Fsp3) is 1.00. The number of halogens is 1. The summed E-state index contributed by atoms with van der Waals surface area (Å²) in [7, 11) is -2.15. The molecule has 0 heterocycles. The first kappa shape index (κ1) is 15.4. The number of hydrogen-bond donors (Lipinski definition) is 0. The van der Waals surface area contributed by atoms with Gasteiger partial charge in [-0.25, -0.2) is 0 Å². The molecular formula is C11H25ClO2Si. The zero-order chi connectivity index (χ0) is 11.9. The molecule has 0 atom stereocenters. The average molecular weight is 253 g/mol. The molecule has 92 valence electrons. The van der Waals surface area contributed by atoms with Gasteiger partial charge in [-0.15, -0.1) is 11.6 Å². The first-order chi connectivity index (χ1) is 6.95. The minimum Gasteiger partial charge on any atom is -0.391 e. The maximum Gasteiger partial charge on any atom is 0.353 e. The Hall–Kier alpha value is 0.427. The Balaban J connectivity index is 4.44. The van der Waals surface area contributed by atoms with Crippen molar-refractivity contribution in [1.82, 2.24) is 0 Å². The van der Waals surface area contributed by atoms with Crippen LogP contribution in [0.25, 0.3) is 0 Å². The summed E-state index contributed by atoms with van der Waals surface area (Å²) in [5, 5.41) is 0. The SMILES string of the molecule is CCCC[Si](CCl)(OC(C)C)OC(C)C. The molecule has 0 aliphatic carbocycles. The molecular weight excluding hydrogens is 228 g/mol. The van der Waals surface area contributed by atoms with Gasteiger partial charge in [0.05, 0.1) is 5.50 Å². The summed E-state index contributed by atoms with van der Waals surface area (Å²) in [6.07, 6.45) is 2.70. The predicted octanol–water partition coefficient (Wildman–Crippen LogP) is 3.86. The molecule has 0 rings (SSSR count). The number of unbranched alkanes of at least 4 members (excludes halogenated alkanes) is 1. The molecule has 0 radical (unpaired) electrons. The van der Waals surface area contributed by atoms with Gasteiger partial charge < -0.3 is 8.85 Å². The van der Waals surface area contributed by atoms with Crippen molar-refractivity contribution in [2.24, 2.45) is 0 Å². The molecule has 0 unspecified atom stereocenters. The molecule has 0 amide bonds. The van der Waals surface area contributed by atoms with E-state index in [0.717, 1.165) is 18.9 Å². The summed E-state index contributed by atoms with van der Waals surface area (Å²) in [5.41, 5.74) is 0.531. The van der Waals surface area contributed by atoms with E-state index in [1.807, 2.05) is 27.7 Å². The Bertz CT molecular complexity index is 153. The highest BCUT2D eigenvalue weighted by atomic mass is 35.5. The van der Waals surface area contributed by atoms with Gasteiger partial charge in [-0.1, -0.05) is 19.8 Å². The zero-order valence-electron chi connectivity index (χ0n) is 10.7. The van der Waals surface area contributed by atoms with Crippen LogP contribution < -0.4 is 0 Å². The third-order valence-electron chi connectivity index (χ3n) is 2.02. The molecule has 0 aromatic carbocycles. The van der Waals surface area contributed by atoms with Gasteiger partial charge in [-0.3, -0.25) is 0 Å². The van der Waals surface area contributed by atoms with Gasteiger partial charge in [0.1, 0.15) is 0 Å². The molecule has 0 spiro atoms. The van der Waals surface area contributed by atoms with Crippen LogP contribution in [0.5, 0.6) is 0 Å². The minimum atomic E-state index is -2.15. The minimum absolute atomic E-state index is 0.200. The fourth-order valence-corrected chi connectivity index (χ4v) is 5.52. The summed E-state index contributed by atoms with van der Waals surface area (Å²) < 4.78 is 12.0. The predicted molar refractivity (Wildman–Crippen MR) is 68.6 cm³/mol. The largest absolute Gasteiger partial charge is 0.391 e. The van der Waals surface area contributed by atoms with E-state index in [2.05, 4.69) is 6.92 Å². The van der Waals surface area contributed by atoms with E-state index in [4.69, 9.17) is 20.5 Å². The quantitative estimate of drug-likeness (QED) is 0.483. The Morgan fingerprint density at radius 1 is 1.07 bits per heavy atom. The number of rotatable bonds is 8. The summed E-state index contributed by atoms with van der Waals surface area (Å²) in [5.74, 6) is 0. The van der Waals surface area contributed by atoms with E-state index < -0.39 is 8.56 Å². The Labute approximate surface area is 101 Å². The van der Waals surface area contributed by atoms with E-state index in [9.17, 15) is 0 Å². The first-order valence-corrected chi connectivity index (χ1v) is 8.64. The summed E-state index contributed by atoms with van der Waals surface area (Å²) in [6.45, 7) is 10.4. The normalized spacial score (nSPS) is 12.8. The molecule has 4 heteroatoms. The lowest BCUT2D eigenvalue weighted by atomic mass is 10.4. The molecule has 0 fully saturated rings. The Morgan fingerprint density at radius 2 is 1.53 bits per heavy atom. The third-order valence-corrected chi connectivity index (χ3v) is 6.56. The van der Waals surface area contributed by atoms with Gasteiger partial charge in [0.25, 0.3) is 0 Å². The Kier molecular flexibility index (Phi) is 7.88. The van der Waals surface area contributed by atoms with E-state index >= 15 is 0 Å². The highest BCUT2D eigenvalue weighted by molar-refractivity contribution is 6.74. The molecule has 0 saturated carbocycles. The van der Waals surface area contributed by atoms with Crippen LogP contribution in [0.4, 0.5) is 0 Å². The van der Waals surface area contributed by atoms with Crippen LogP contribution in [0, 0.1) is 0 Å². The highest BCUT2D eigenvalue weighted by Gasteiger charge is 2.38. The van der Waals surface area contributed by atoms with Gasteiger partial charge in [-0.05, 0) is 33.7 Å². The molecule has 0 aromatic rings. The molecule has 0 aliphatic rings.